The minimum absolute atomic E-state index is 0.0240. The van der Waals surface area contributed by atoms with E-state index in [0.29, 0.717) is 18.8 Å². The number of rotatable bonds is 8. The highest BCUT2D eigenvalue weighted by molar-refractivity contribution is 7.89. The van der Waals surface area contributed by atoms with Gasteiger partial charge in [0, 0.05) is 25.2 Å². The molecule has 0 saturated heterocycles. The third-order valence-electron chi connectivity index (χ3n) is 4.71. The van der Waals surface area contributed by atoms with Gasteiger partial charge in [-0.05, 0) is 68.3 Å². The Bertz CT molecular complexity index is 973. The second-order valence-corrected chi connectivity index (χ2v) is 8.65. The van der Waals surface area contributed by atoms with Gasteiger partial charge in [-0.3, -0.25) is 4.79 Å². The normalized spacial score (nSPS) is 15.8. The lowest BCUT2D eigenvalue weighted by Gasteiger charge is -2.20. The molecule has 0 saturated carbocycles. The Morgan fingerprint density at radius 3 is 2.41 bits per heavy atom. The predicted octanol–water partition coefficient (Wildman–Crippen LogP) is 2.74. The fourth-order valence-electron chi connectivity index (χ4n) is 3.48. The summed E-state index contributed by atoms with van der Waals surface area (Å²) in [5, 5.41) is 0. The van der Waals surface area contributed by atoms with Crippen molar-refractivity contribution >= 4 is 21.6 Å². The average Bonchev–Trinajstić information content (AvgIpc) is 3.02. The lowest BCUT2D eigenvalue weighted by molar-refractivity contribution is -0.116. The number of hydrogen-bond acceptors (Lipinski definition) is 5. The maximum absolute atomic E-state index is 12.6. The van der Waals surface area contributed by atoms with Crippen LogP contribution in [0.2, 0.25) is 0 Å². The van der Waals surface area contributed by atoms with Crippen molar-refractivity contribution in [1.82, 2.24) is 4.72 Å². The molecule has 8 heteroatoms. The third-order valence-corrected chi connectivity index (χ3v) is 6.17. The van der Waals surface area contributed by atoms with Crippen LogP contribution in [0.5, 0.6) is 11.5 Å². The first-order valence-electron chi connectivity index (χ1n) is 9.60. The Hall–Kier alpha value is -2.58. The minimum Gasteiger partial charge on any atom is -0.494 e. The molecule has 7 nitrogen and oxygen atoms in total. The van der Waals surface area contributed by atoms with Crippen LogP contribution in [0.3, 0.4) is 0 Å². The van der Waals surface area contributed by atoms with E-state index >= 15 is 0 Å². The molecule has 1 atom stereocenters. The Labute approximate surface area is 171 Å². The molecule has 0 radical (unpaired) electrons. The minimum atomic E-state index is -3.66. The van der Waals surface area contributed by atoms with E-state index in [1.165, 1.54) is 13.0 Å². The molecule has 2 aromatic carbocycles. The Morgan fingerprint density at radius 1 is 1.14 bits per heavy atom. The van der Waals surface area contributed by atoms with Gasteiger partial charge < -0.3 is 14.4 Å². The molecule has 2 aromatic rings. The van der Waals surface area contributed by atoms with Crippen LogP contribution in [-0.2, 0) is 21.2 Å². The fourth-order valence-corrected chi connectivity index (χ4v) is 4.54. The van der Waals surface area contributed by atoms with Gasteiger partial charge in [0.1, 0.15) is 18.1 Å². The number of nitrogens with zero attached hydrogens (tertiary/aromatic N) is 1. The summed E-state index contributed by atoms with van der Waals surface area (Å²) in [5.74, 6) is 1.36. The maximum atomic E-state index is 12.6. The number of sulfonamides is 1. The van der Waals surface area contributed by atoms with Gasteiger partial charge in [-0.25, -0.2) is 13.1 Å². The van der Waals surface area contributed by atoms with Crippen LogP contribution in [0.1, 0.15) is 26.3 Å². The first kappa shape index (κ1) is 21.1. The molecule has 1 aliphatic heterocycles. The highest BCUT2D eigenvalue weighted by Crippen LogP contribution is 2.33. The van der Waals surface area contributed by atoms with Crippen LogP contribution in [0, 0.1) is 0 Å². The molecule has 0 bridgehead atoms. The molecule has 3 rings (SSSR count). The lowest BCUT2D eigenvalue weighted by atomic mass is 10.1. The molecule has 1 amide bonds. The summed E-state index contributed by atoms with van der Waals surface area (Å²) >= 11 is 0. The van der Waals surface area contributed by atoms with Crippen LogP contribution in [0.4, 0.5) is 5.69 Å². The molecule has 156 valence electrons. The number of carbonyl (C=O) groups is 1. The molecular weight excluding hydrogens is 392 g/mol. The zero-order valence-corrected chi connectivity index (χ0v) is 17.7. The number of benzene rings is 2. The molecular formula is C21H26N2O5S. The summed E-state index contributed by atoms with van der Waals surface area (Å²) in [6.07, 6.45) is 0.638. The van der Waals surface area contributed by atoms with Crippen molar-refractivity contribution in [2.24, 2.45) is 0 Å². The second-order valence-electron chi connectivity index (χ2n) is 6.88. The van der Waals surface area contributed by atoms with Crippen molar-refractivity contribution in [2.45, 2.75) is 38.1 Å². The van der Waals surface area contributed by atoms with Gasteiger partial charge in [-0.1, -0.05) is 0 Å². The molecule has 29 heavy (non-hydrogen) atoms. The highest BCUT2D eigenvalue weighted by atomic mass is 32.2. The van der Waals surface area contributed by atoms with Crippen molar-refractivity contribution in [1.29, 1.82) is 0 Å². The summed E-state index contributed by atoms with van der Waals surface area (Å²) in [5.41, 5.74) is 1.64. The van der Waals surface area contributed by atoms with E-state index in [0.717, 1.165) is 17.0 Å². The number of fused-ring (bicyclic) bond motifs is 1. The molecule has 1 aliphatic rings. The molecule has 0 spiro atoms. The van der Waals surface area contributed by atoms with E-state index in [1.807, 2.05) is 13.8 Å². The van der Waals surface area contributed by atoms with Crippen molar-refractivity contribution < 1.29 is 22.7 Å². The van der Waals surface area contributed by atoms with Gasteiger partial charge in [0.15, 0.2) is 0 Å². The molecule has 0 aliphatic carbocycles. The van der Waals surface area contributed by atoms with E-state index in [9.17, 15) is 13.2 Å². The molecule has 0 unspecified atom stereocenters. The van der Waals surface area contributed by atoms with Crippen LogP contribution in [0.25, 0.3) is 0 Å². The van der Waals surface area contributed by atoms with E-state index < -0.39 is 10.0 Å². The smallest absolute Gasteiger partial charge is 0.240 e. The van der Waals surface area contributed by atoms with E-state index in [1.54, 1.807) is 41.3 Å². The molecule has 0 fully saturated rings. The van der Waals surface area contributed by atoms with Crippen molar-refractivity contribution in [2.75, 3.05) is 24.7 Å². The SMILES string of the molecule is CCOc1ccc(OCCNS(=O)(=O)c2ccc3c(c2)C[C@@H](C)N3C(C)=O)cc1. The van der Waals surface area contributed by atoms with Crippen LogP contribution in [0.15, 0.2) is 47.4 Å². The van der Waals surface area contributed by atoms with Gasteiger partial charge in [0.05, 0.1) is 11.5 Å². The largest absolute Gasteiger partial charge is 0.494 e. The first-order chi connectivity index (χ1) is 13.8. The number of nitrogens with one attached hydrogen (secondary N) is 1. The van der Waals surface area contributed by atoms with E-state index in [4.69, 9.17) is 9.47 Å². The Balaban J connectivity index is 1.58. The fraction of sp³-hybridized carbons (Fsp3) is 0.381. The summed E-state index contributed by atoms with van der Waals surface area (Å²) in [6.45, 7) is 6.32. The molecule has 1 N–H and O–H groups in total. The van der Waals surface area contributed by atoms with Gasteiger partial charge >= 0.3 is 0 Å². The predicted molar refractivity (Wildman–Crippen MR) is 111 cm³/mol. The number of ether oxygens (including phenoxy) is 2. The maximum Gasteiger partial charge on any atom is 0.240 e. The number of carbonyl (C=O) groups excluding carboxylic acids is 1. The zero-order chi connectivity index (χ0) is 21.0. The van der Waals surface area contributed by atoms with Crippen LogP contribution >= 0.6 is 0 Å². The quantitative estimate of drug-likeness (QED) is 0.667. The molecule has 1 heterocycles. The topological polar surface area (TPSA) is 84.9 Å². The van der Waals surface area contributed by atoms with Crippen molar-refractivity contribution in [3.63, 3.8) is 0 Å². The number of hydrogen-bond donors (Lipinski definition) is 1. The zero-order valence-electron chi connectivity index (χ0n) is 16.8. The highest BCUT2D eigenvalue weighted by Gasteiger charge is 2.30. The monoisotopic (exact) mass is 418 g/mol. The second kappa shape index (κ2) is 8.84. The van der Waals surface area contributed by atoms with Crippen molar-refractivity contribution in [3.8, 4) is 11.5 Å². The van der Waals surface area contributed by atoms with Gasteiger partial charge in [-0.2, -0.15) is 0 Å². The Kier molecular flexibility index (Phi) is 6.44. The van der Waals surface area contributed by atoms with Gasteiger partial charge in [0.2, 0.25) is 15.9 Å². The average molecular weight is 419 g/mol. The van der Waals surface area contributed by atoms with Gasteiger partial charge in [0.25, 0.3) is 0 Å². The third kappa shape index (κ3) is 4.89. The summed E-state index contributed by atoms with van der Waals surface area (Å²) < 4.78 is 38.7. The first-order valence-corrected chi connectivity index (χ1v) is 11.1. The van der Waals surface area contributed by atoms with Crippen LogP contribution in [-0.4, -0.2) is 40.1 Å². The van der Waals surface area contributed by atoms with Gasteiger partial charge in [-0.15, -0.1) is 0 Å². The van der Waals surface area contributed by atoms with E-state index in [2.05, 4.69) is 4.72 Å². The van der Waals surface area contributed by atoms with E-state index in [-0.39, 0.29) is 30.0 Å². The number of amides is 1. The summed E-state index contributed by atoms with van der Waals surface area (Å²) in [6, 6.07) is 12.1. The summed E-state index contributed by atoms with van der Waals surface area (Å²) in [7, 11) is -3.66. The summed E-state index contributed by atoms with van der Waals surface area (Å²) in [4.78, 5) is 13.7. The van der Waals surface area contributed by atoms with Crippen LogP contribution < -0.4 is 19.1 Å². The lowest BCUT2D eigenvalue weighted by Crippen LogP contribution is -2.33. The van der Waals surface area contributed by atoms with Crippen molar-refractivity contribution in [3.05, 3.63) is 48.0 Å². The number of anilines is 1. The standard InChI is InChI=1S/C21H26N2O5S/c1-4-27-18-5-7-19(8-6-18)28-12-11-22-29(25,26)20-9-10-21-17(14-20)13-15(2)23(21)16(3)24/h5-10,14-15,22H,4,11-13H2,1-3H3/t15-/m1/s1. The Morgan fingerprint density at radius 2 is 1.79 bits per heavy atom. The molecule has 0 aromatic heterocycles.